The van der Waals surface area contributed by atoms with Crippen molar-refractivity contribution in [1.82, 2.24) is 4.90 Å². The summed E-state index contributed by atoms with van der Waals surface area (Å²) < 4.78 is 0. The van der Waals surface area contributed by atoms with Crippen LogP contribution in [0.5, 0.6) is 0 Å². The maximum atomic E-state index is 6.25. The molecule has 4 heteroatoms. The Hall–Kier alpha value is -0.220. The first kappa shape index (κ1) is 15.2. The van der Waals surface area contributed by atoms with Crippen molar-refractivity contribution >= 4 is 23.4 Å². The molecule has 1 aliphatic heterocycles. The fraction of sp³-hybridized carbons (Fsp3) is 0.600. The average Bonchev–Trinajstić information content (AvgIpc) is 2.30. The second kappa shape index (κ2) is 6.49. The summed E-state index contributed by atoms with van der Waals surface area (Å²) >= 11 is 8.05. The molecular formula is C15H23ClN2S. The number of thioether (sulfide) groups is 1. The normalized spacial score (nSPS) is 28.1. The standard InChI is InChI=1S/C15H23ClN2S/c1-10-8-18(9-11(2)19-10)15(12(3)17)13-4-6-14(16)7-5-13/h4-7,10-12,15H,8-9,17H2,1-3H3. The van der Waals surface area contributed by atoms with E-state index in [1.54, 1.807) is 0 Å². The smallest absolute Gasteiger partial charge is 0.0497 e. The first-order valence-electron chi connectivity index (χ1n) is 6.88. The molecule has 0 spiro atoms. The quantitative estimate of drug-likeness (QED) is 0.925. The molecule has 2 rings (SSSR count). The minimum atomic E-state index is 0.115. The molecule has 1 heterocycles. The molecule has 2 N–H and O–H groups in total. The first-order chi connectivity index (χ1) is 8.97. The highest BCUT2D eigenvalue weighted by Gasteiger charge is 2.30. The Balaban J connectivity index is 2.22. The van der Waals surface area contributed by atoms with Crippen LogP contribution in [0.25, 0.3) is 0 Å². The lowest BCUT2D eigenvalue weighted by molar-refractivity contribution is 0.174. The molecular weight excluding hydrogens is 276 g/mol. The van der Waals surface area contributed by atoms with E-state index in [0.29, 0.717) is 10.5 Å². The van der Waals surface area contributed by atoms with Gasteiger partial charge in [0.1, 0.15) is 0 Å². The van der Waals surface area contributed by atoms with Crippen molar-refractivity contribution in [2.75, 3.05) is 13.1 Å². The molecule has 0 amide bonds. The van der Waals surface area contributed by atoms with Crippen molar-refractivity contribution in [2.45, 2.75) is 43.4 Å². The third kappa shape index (κ3) is 3.88. The molecule has 1 saturated heterocycles. The topological polar surface area (TPSA) is 29.3 Å². The van der Waals surface area contributed by atoms with E-state index in [1.807, 2.05) is 12.1 Å². The van der Waals surface area contributed by atoms with Crippen molar-refractivity contribution in [3.63, 3.8) is 0 Å². The maximum absolute atomic E-state index is 6.25. The molecule has 0 aliphatic carbocycles. The Kier molecular flexibility index (Phi) is 5.18. The third-order valence-electron chi connectivity index (χ3n) is 3.55. The highest BCUT2D eigenvalue weighted by molar-refractivity contribution is 8.00. The largest absolute Gasteiger partial charge is 0.326 e. The van der Waals surface area contributed by atoms with Gasteiger partial charge in [-0.1, -0.05) is 37.6 Å². The van der Waals surface area contributed by atoms with Gasteiger partial charge in [-0.15, -0.1) is 0 Å². The van der Waals surface area contributed by atoms with Crippen molar-refractivity contribution in [1.29, 1.82) is 0 Å². The summed E-state index contributed by atoms with van der Waals surface area (Å²) in [7, 11) is 0. The molecule has 106 valence electrons. The van der Waals surface area contributed by atoms with Gasteiger partial charge in [-0.3, -0.25) is 4.90 Å². The molecule has 0 saturated carbocycles. The fourth-order valence-electron chi connectivity index (χ4n) is 2.95. The second-order valence-electron chi connectivity index (χ2n) is 5.57. The zero-order valence-electron chi connectivity index (χ0n) is 11.8. The lowest BCUT2D eigenvalue weighted by Gasteiger charge is -2.41. The molecule has 19 heavy (non-hydrogen) atoms. The van der Waals surface area contributed by atoms with Crippen molar-refractivity contribution in [2.24, 2.45) is 5.73 Å². The average molecular weight is 299 g/mol. The molecule has 4 atom stereocenters. The van der Waals surface area contributed by atoms with E-state index in [-0.39, 0.29) is 12.1 Å². The van der Waals surface area contributed by atoms with Gasteiger partial charge in [0.25, 0.3) is 0 Å². The molecule has 1 fully saturated rings. The van der Waals surface area contributed by atoms with Crippen molar-refractivity contribution in [3.8, 4) is 0 Å². The highest BCUT2D eigenvalue weighted by atomic mass is 35.5. The third-order valence-corrected chi connectivity index (χ3v) is 5.03. The van der Waals surface area contributed by atoms with E-state index in [0.717, 1.165) is 18.1 Å². The summed E-state index contributed by atoms with van der Waals surface area (Å²) in [5.74, 6) is 0. The van der Waals surface area contributed by atoms with Crippen LogP contribution in [0.4, 0.5) is 0 Å². The molecule has 1 aromatic rings. The van der Waals surface area contributed by atoms with Gasteiger partial charge in [-0.2, -0.15) is 11.8 Å². The fourth-order valence-corrected chi connectivity index (χ4v) is 4.43. The molecule has 0 bridgehead atoms. The van der Waals surface area contributed by atoms with Crippen LogP contribution >= 0.6 is 23.4 Å². The number of benzene rings is 1. The number of nitrogens with zero attached hydrogens (tertiary/aromatic N) is 1. The second-order valence-corrected chi connectivity index (χ2v) is 7.88. The van der Waals surface area contributed by atoms with Gasteiger partial charge in [0.05, 0.1) is 0 Å². The minimum Gasteiger partial charge on any atom is -0.326 e. The lowest BCUT2D eigenvalue weighted by Crippen LogP contribution is -2.47. The van der Waals surface area contributed by atoms with Gasteiger partial charge >= 0.3 is 0 Å². The number of hydrogen-bond acceptors (Lipinski definition) is 3. The number of hydrogen-bond donors (Lipinski definition) is 1. The minimum absolute atomic E-state index is 0.115. The maximum Gasteiger partial charge on any atom is 0.0497 e. The van der Waals surface area contributed by atoms with Crippen LogP contribution < -0.4 is 5.73 Å². The lowest BCUT2D eigenvalue weighted by atomic mass is 9.98. The summed E-state index contributed by atoms with van der Waals surface area (Å²) in [4.78, 5) is 2.53. The summed E-state index contributed by atoms with van der Waals surface area (Å²) in [6.07, 6.45) is 0. The highest BCUT2D eigenvalue weighted by Crippen LogP contribution is 2.32. The predicted molar refractivity (Wildman–Crippen MR) is 85.9 cm³/mol. The van der Waals surface area contributed by atoms with Crippen LogP contribution in [0.2, 0.25) is 5.02 Å². The van der Waals surface area contributed by atoms with E-state index < -0.39 is 0 Å². The molecule has 0 radical (unpaired) electrons. The van der Waals surface area contributed by atoms with Crippen molar-refractivity contribution in [3.05, 3.63) is 34.9 Å². The van der Waals surface area contributed by atoms with Gasteiger partial charge in [0.2, 0.25) is 0 Å². The van der Waals surface area contributed by atoms with Gasteiger partial charge < -0.3 is 5.73 Å². The van der Waals surface area contributed by atoms with Gasteiger partial charge in [0, 0.05) is 40.7 Å². The van der Waals surface area contributed by atoms with E-state index in [9.17, 15) is 0 Å². The van der Waals surface area contributed by atoms with Gasteiger partial charge in [0.15, 0.2) is 0 Å². The number of nitrogens with two attached hydrogens (primary N) is 1. The monoisotopic (exact) mass is 298 g/mol. The van der Waals surface area contributed by atoms with Gasteiger partial charge in [-0.05, 0) is 24.6 Å². The SMILES string of the molecule is CC1CN(C(c2ccc(Cl)cc2)C(C)N)CC(C)S1. The predicted octanol–water partition coefficient (Wildman–Crippen LogP) is 3.55. The molecule has 0 aromatic heterocycles. The summed E-state index contributed by atoms with van der Waals surface area (Å²) in [6.45, 7) is 8.89. The van der Waals surface area contributed by atoms with E-state index >= 15 is 0 Å². The Morgan fingerprint density at radius 2 is 1.74 bits per heavy atom. The summed E-state index contributed by atoms with van der Waals surface area (Å²) in [5.41, 5.74) is 7.52. The van der Waals surface area contributed by atoms with E-state index in [1.165, 1.54) is 5.56 Å². The number of rotatable bonds is 3. The Morgan fingerprint density at radius 1 is 1.21 bits per heavy atom. The Bertz CT molecular complexity index is 397. The zero-order valence-corrected chi connectivity index (χ0v) is 13.4. The first-order valence-corrected chi connectivity index (χ1v) is 8.20. The molecule has 1 aromatic carbocycles. The Morgan fingerprint density at radius 3 is 2.21 bits per heavy atom. The number of halogens is 1. The van der Waals surface area contributed by atoms with E-state index in [4.69, 9.17) is 17.3 Å². The van der Waals surface area contributed by atoms with Crippen LogP contribution in [-0.2, 0) is 0 Å². The Labute approximate surface area is 125 Å². The summed E-state index contributed by atoms with van der Waals surface area (Å²) in [5, 5.41) is 2.11. The molecule has 1 aliphatic rings. The van der Waals surface area contributed by atoms with Crippen LogP contribution in [0.3, 0.4) is 0 Å². The van der Waals surface area contributed by atoms with Crippen LogP contribution in [0.15, 0.2) is 24.3 Å². The van der Waals surface area contributed by atoms with Crippen molar-refractivity contribution < 1.29 is 0 Å². The molecule has 4 unspecified atom stereocenters. The van der Waals surface area contributed by atoms with Crippen LogP contribution in [-0.4, -0.2) is 34.5 Å². The van der Waals surface area contributed by atoms with Crippen LogP contribution in [0.1, 0.15) is 32.4 Å². The van der Waals surface area contributed by atoms with E-state index in [2.05, 4.69) is 49.6 Å². The summed E-state index contributed by atoms with van der Waals surface area (Å²) in [6, 6.07) is 8.52. The van der Waals surface area contributed by atoms with Gasteiger partial charge in [-0.25, -0.2) is 0 Å². The zero-order chi connectivity index (χ0) is 14.0. The molecule has 2 nitrogen and oxygen atoms in total. The van der Waals surface area contributed by atoms with Crippen LogP contribution in [0, 0.1) is 0 Å².